The third-order valence-electron chi connectivity index (χ3n) is 3.98. The minimum absolute atomic E-state index is 1.17. The molecule has 2 aromatic carbocycles. The van der Waals surface area contributed by atoms with Crippen molar-refractivity contribution < 1.29 is 0 Å². The first-order chi connectivity index (χ1) is 10.9. The van der Waals surface area contributed by atoms with Gasteiger partial charge >= 0.3 is 0 Å². The summed E-state index contributed by atoms with van der Waals surface area (Å²) in [5.74, 6) is 0. The van der Waals surface area contributed by atoms with Gasteiger partial charge in [-0.1, -0.05) is 36.4 Å². The van der Waals surface area contributed by atoms with Gasteiger partial charge in [-0.05, 0) is 23.8 Å². The molecule has 0 aliphatic rings. The smallest absolute Gasteiger partial charge is 0.0542 e. The molecule has 0 radical (unpaired) electrons. The summed E-state index contributed by atoms with van der Waals surface area (Å²) in [5, 5.41) is 2.75. The van der Waals surface area contributed by atoms with Crippen molar-refractivity contribution in [3.63, 3.8) is 0 Å². The predicted octanol–water partition coefficient (Wildman–Crippen LogP) is 6.33. The maximum atomic E-state index is 4.22. The molecule has 5 aromatic rings. The molecule has 3 aromatic heterocycles. The Labute approximate surface area is 135 Å². The first-order valence-corrected chi connectivity index (χ1v) is 8.78. The first-order valence-electron chi connectivity index (χ1n) is 7.14. The van der Waals surface area contributed by atoms with Crippen molar-refractivity contribution in [1.82, 2.24) is 4.98 Å². The summed E-state index contributed by atoms with van der Waals surface area (Å²) in [6, 6.07) is 19.5. The number of hydrogen-bond acceptors (Lipinski definition) is 3. The SMILES string of the molecule is c1cncc(-c2ccc3c(c2)sc2c4ccccc4sc32)c1. The fourth-order valence-corrected chi connectivity index (χ4v) is 5.61. The van der Waals surface area contributed by atoms with Gasteiger partial charge in [-0.15, -0.1) is 22.7 Å². The largest absolute Gasteiger partial charge is 0.264 e. The van der Waals surface area contributed by atoms with Gasteiger partial charge in [0.15, 0.2) is 0 Å². The van der Waals surface area contributed by atoms with Gasteiger partial charge in [0.2, 0.25) is 0 Å². The number of rotatable bonds is 1. The minimum Gasteiger partial charge on any atom is -0.264 e. The molecule has 0 spiro atoms. The number of pyridine rings is 1. The molecule has 3 heterocycles. The number of nitrogens with zero attached hydrogens (tertiary/aromatic N) is 1. The summed E-state index contributed by atoms with van der Waals surface area (Å²) in [6.45, 7) is 0. The Bertz CT molecular complexity index is 1120. The Morgan fingerprint density at radius 3 is 2.36 bits per heavy atom. The van der Waals surface area contributed by atoms with Crippen LogP contribution in [0.15, 0.2) is 67.0 Å². The predicted molar refractivity (Wildman–Crippen MR) is 97.9 cm³/mol. The van der Waals surface area contributed by atoms with E-state index in [1.54, 1.807) is 0 Å². The zero-order chi connectivity index (χ0) is 14.5. The zero-order valence-electron chi connectivity index (χ0n) is 11.6. The average Bonchev–Trinajstić information content (AvgIpc) is 3.11. The monoisotopic (exact) mass is 317 g/mol. The molecular weight excluding hydrogens is 306 g/mol. The molecular formula is C19H11NS2. The second-order valence-corrected chi connectivity index (χ2v) is 7.42. The summed E-state index contributed by atoms with van der Waals surface area (Å²) < 4.78 is 5.56. The van der Waals surface area contributed by atoms with Gasteiger partial charge in [0.05, 0.1) is 9.40 Å². The molecule has 0 aliphatic heterocycles. The van der Waals surface area contributed by atoms with Crippen LogP contribution in [0.3, 0.4) is 0 Å². The molecule has 0 bridgehead atoms. The summed E-state index contributed by atoms with van der Waals surface area (Å²) >= 11 is 3.79. The second kappa shape index (κ2) is 4.63. The number of aromatic nitrogens is 1. The van der Waals surface area contributed by atoms with Gasteiger partial charge in [0.25, 0.3) is 0 Å². The molecule has 104 valence electrons. The minimum atomic E-state index is 1.17. The van der Waals surface area contributed by atoms with Gasteiger partial charge in [0, 0.05) is 38.1 Å². The molecule has 0 saturated carbocycles. The Balaban J connectivity index is 1.82. The van der Waals surface area contributed by atoms with Gasteiger partial charge in [-0.25, -0.2) is 0 Å². The lowest BCUT2D eigenvalue weighted by Crippen LogP contribution is -1.77. The first kappa shape index (κ1) is 12.3. The van der Waals surface area contributed by atoms with Crippen LogP contribution in [0.4, 0.5) is 0 Å². The summed E-state index contributed by atoms with van der Waals surface area (Å²) in [5.41, 5.74) is 2.41. The van der Waals surface area contributed by atoms with E-state index in [1.807, 2.05) is 41.1 Å². The Kier molecular flexibility index (Phi) is 2.60. The molecule has 0 saturated heterocycles. The molecule has 22 heavy (non-hydrogen) atoms. The van der Waals surface area contributed by atoms with Crippen molar-refractivity contribution in [2.75, 3.05) is 0 Å². The maximum absolute atomic E-state index is 4.22. The fourth-order valence-electron chi connectivity index (χ4n) is 2.92. The van der Waals surface area contributed by atoms with E-state index in [1.165, 1.54) is 40.7 Å². The van der Waals surface area contributed by atoms with Crippen LogP contribution in [0.1, 0.15) is 0 Å². The topological polar surface area (TPSA) is 12.9 Å². The van der Waals surface area contributed by atoms with E-state index in [0.29, 0.717) is 0 Å². The molecule has 0 unspecified atom stereocenters. The van der Waals surface area contributed by atoms with E-state index in [4.69, 9.17) is 0 Å². The number of hydrogen-bond donors (Lipinski definition) is 0. The lowest BCUT2D eigenvalue weighted by molar-refractivity contribution is 1.33. The van der Waals surface area contributed by atoms with E-state index in [2.05, 4.69) is 53.5 Å². The highest BCUT2D eigenvalue weighted by Gasteiger charge is 2.12. The summed E-state index contributed by atoms with van der Waals surface area (Å²) in [6.07, 6.45) is 3.74. The highest BCUT2D eigenvalue weighted by atomic mass is 32.1. The standard InChI is InChI=1S/C19H11NS2/c1-2-6-16-14(5-1)18-19(21-16)15-8-7-12(10-17(15)22-18)13-4-3-9-20-11-13/h1-11H. The van der Waals surface area contributed by atoms with Gasteiger partial charge in [0.1, 0.15) is 0 Å². The van der Waals surface area contributed by atoms with E-state index < -0.39 is 0 Å². The zero-order valence-corrected chi connectivity index (χ0v) is 13.2. The van der Waals surface area contributed by atoms with Crippen molar-refractivity contribution >= 4 is 52.2 Å². The lowest BCUT2D eigenvalue weighted by atomic mass is 10.1. The third kappa shape index (κ3) is 1.73. The van der Waals surface area contributed by atoms with Crippen molar-refractivity contribution in [2.24, 2.45) is 0 Å². The van der Waals surface area contributed by atoms with E-state index >= 15 is 0 Å². The highest BCUT2D eigenvalue weighted by Crippen LogP contribution is 2.44. The van der Waals surface area contributed by atoms with Crippen LogP contribution in [-0.4, -0.2) is 4.98 Å². The quantitative estimate of drug-likeness (QED) is 0.352. The molecule has 3 heteroatoms. The van der Waals surface area contributed by atoms with Crippen LogP contribution in [0, 0.1) is 0 Å². The van der Waals surface area contributed by atoms with E-state index in [0.717, 1.165) is 0 Å². The molecule has 1 nitrogen and oxygen atoms in total. The maximum Gasteiger partial charge on any atom is 0.0542 e. The lowest BCUT2D eigenvalue weighted by Gasteiger charge is -2.00. The van der Waals surface area contributed by atoms with Crippen molar-refractivity contribution in [3.05, 3.63) is 67.0 Å². The summed E-state index contributed by atoms with van der Waals surface area (Å²) in [4.78, 5) is 4.22. The molecule has 5 rings (SSSR count). The van der Waals surface area contributed by atoms with Crippen LogP contribution >= 0.6 is 22.7 Å². The Morgan fingerprint density at radius 2 is 1.50 bits per heavy atom. The van der Waals surface area contributed by atoms with E-state index in [9.17, 15) is 0 Å². The second-order valence-electron chi connectivity index (χ2n) is 5.31. The van der Waals surface area contributed by atoms with Crippen LogP contribution in [0.2, 0.25) is 0 Å². The molecule has 0 fully saturated rings. The third-order valence-corrected chi connectivity index (χ3v) is 6.50. The molecule has 0 atom stereocenters. The highest BCUT2D eigenvalue weighted by molar-refractivity contribution is 7.36. The van der Waals surface area contributed by atoms with Crippen molar-refractivity contribution in [1.29, 1.82) is 0 Å². The molecule has 0 N–H and O–H groups in total. The molecule has 0 amide bonds. The average molecular weight is 317 g/mol. The van der Waals surface area contributed by atoms with Crippen molar-refractivity contribution in [3.8, 4) is 11.1 Å². The normalized spacial score (nSPS) is 11.6. The van der Waals surface area contributed by atoms with Gasteiger partial charge in [-0.2, -0.15) is 0 Å². The summed E-state index contributed by atoms with van der Waals surface area (Å²) in [7, 11) is 0. The molecule has 0 aliphatic carbocycles. The number of fused-ring (bicyclic) bond motifs is 5. The Morgan fingerprint density at radius 1 is 0.682 bits per heavy atom. The fraction of sp³-hybridized carbons (Fsp3) is 0. The number of thiophene rings is 2. The van der Waals surface area contributed by atoms with Crippen LogP contribution in [-0.2, 0) is 0 Å². The Hall–Kier alpha value is -2.23. The van der Waals surface area contributed by atoms with Gasteiger partial charge in [-0.3, -0.25) is 4.98 Å². The van der Waals surface area contributed by atoms with Crippen LogP contribution in [0.25, 0.3) is 40.7 Å². The van der Waals surface area contributed by atoms with Crippen molar-refractivity contribution in [2.45, 2.75) is 0 Å². The number of benzene rings is 2. The van der Waals surface area contributed by atoms with E-state index in [-0.39, 0.29) is 0 Å². The van der Waals surface area contributed by atoms with Gasteiger partial charge < -0.3 is 0 Å². The van der Waals surface area contributed by atoms with Crippen LogP contribution < -0.4 is 0 Å². The van der Waals surface area contributed by atoms with Crippen LogP contribution in [0.5, 0.6) is 0 Å².